The predicted octanol–water partition coefficient (Wildman–Crippen LogP) is 1.37. The maximum Gasteiger partial charge on any atom is 0.340 e. The van der Waals surface area contributed by atoms with E-state index in [0.717, 1.165) is 0 Å². The average Bonchev–Trinajstić information content (AvgIpc) is 1.78. The predicted molar refractivity (Wildman–Crippen MR) is 52.1 cm³/mol. The fourth-order valence-electron chi connectivity index (χ4n) is 0.705. The molecule has 0 aliphatic rings. The Morgan fingerprint density at radius 2 is 1.71 bits per heavy atom. The molecule has 0 aliphatic heterocycles. The normalized spacial score (nSPS) is 17.0. The van der Waals surface area contributed by atoms with Crippen LogP contribution in [0.1, 0.15) is 20.3 Å². The third kappa shape index (κ3) is 8.88. The molecule has 1 unspecified atom stereocenters. The van der Waals surface area contributed by atoms with Gasteiger partial charge >= 0.3 is 15.2 Å². The Bertz CT molecular complexity index is 257. The van der Waals surface area contributed by atoms with Crippen LogP contribution in [-0.2, 0) is 13.7 Å². The first-order valence-corrected chi connectivity index (χ1v) is 7.69. The van der Waals surface area contributed by atoms with Crippen LogP contribution in [0.4, 0.5) is 0 Å². The molecule has 0 aliphatic carbocycles. The van der Waals surface area contributed by atoms with E-state index in [1.165, 1.54) is 0 Å². The average molecular weight is 246 g/mol. The van der Waals surface area contributed by atoms with Crippen LogP contribution >= 0.6 is 15.2 Å². The Balaban J connectivity index is 3.97. The topological polar surface area (TPSA) is 104 Å². The zero-order valence-corrected chi connectivity index (χ0v) is 9.95. The van der Waals surface area contributed by atoms with Crippen LogP contribution in [0.3, 0.4) is 0 Å². The fraction of sp³-hybridized carbons (Fsp3) is 1.00. The van der Waals surface area contributed by atoms with Gasteiger partial charge in [-0.1, -0.05) is 13.8 Å². The largest absolute Gasteiger partial charge is 0.340 e. The molecule has 1 atom stereocenters. The third-order valence-electron chi connectivity index (χ3n) is 1.35. The lowest BCUT2D eigenvalue weighted by atomic mass is 10.2. The Morgan fingerprint density at radius 3 is 2.07 bits per heavy atom. The van der Waals surface area contributed by atoms with Crippen molar-refractivity contribution in [3.8, 4) is 0 Å². The van der Waals surface area contributed by atoms with E-state index in [2.05, 4.69) is 4.52 Å². The molecule has 0 heterocycles. The summed E-state index contributed by atoms with van der Waals surface area (Å²) in [6.07, 6.45) is 0.575. The van der Waals surface area contributed by atoms with Gasteiger partial charge in [0.05, 0.1) is 6.61 Å². The molecule has 3 N–H and O–H groups in total. The first kappa shape index (κ1) is 14.3. The van der Waals surface area contributed by atoms with Gasteiger partial charge in [0.1, 0.15) is 0 Å². The molecule has 0 radical (unpaired) electrons. The molecule has 6 nitrogen and oxygen atoms in total. The van der Waals surface area contributed by atoms with Gasteiger partial charge in [-0.3, -0.25) is 9.13 Å². The van der Waals surface area contributed by atoms with Gasteiger partial charge in [-0.05, 0) is 12.3 Å². The first-order chi connectivity index (χ1) is 6.12. The van der Waals surface area contributed by atoms with Gasteiger partial charge in [0.15, 0.2) is 5.90 Å². The summed E-state index contributed by atoms with van der Waals surface area (Å²) >= 11 is 0. The second-order valence-electron chi connectivity index (χ2n) is 3.46. The molecular formula is C6H16O6P2. The summed E-state index contributed by atoms with van der Waals surface area (Å²) in [5.41, 5.74) is 0. The van der Waals surface area contributed by atoms with E-state index in [0.29, 0.717) is 12.3 Å². The molecule has 0 aromatic rings. The highest BCUT2D eigenvalue weighted by molar-refractivity contribution is 7.70. The van der Waals surface area contributed by atoms with Crippen LogP contribution in [-0.4, -0.2) is 27.2 Å². The van der Waals surface area contributed by atoms with E-state index in [4.69, 9.17) is 14.7 Å². The molecule has 14 heavy (non-hydrogen) atoms. The Hall–Kier alpha value is 0.300. The Labute approximate surface area is 83.0 Å². The van der Waals surface area contributed by atoms with Crippen LogP contribution in [0.15, 0.2) is 0 Å². The molecule has 0 rings (SSSR count). The quantitative estimate of drug-likeness (QED) is 0.611. The lowest BCUT2D eigenvalue weighted by molar-refractivity contribution is 0.245. The molecule has 0 spiro atoms. The van der Waals surface area contributed by atoms with Gasteiger partial charge in [0.2, 0.25) is 0 Å². The van der Waals surface area contributed by atoms with Gasteiger partial charge in [-0.2, -0.15) is 0 Å². The summed E-state index contributed by atoms with van der Waals surface area (Å²) in [5, 5.41) is 0. The molecule has 0 aromatic carbocycles. The van der Waals surface area contributed by atoms with Gasteiger partial charge in [0.25, 0.3) is 0 Å². The van der Waals surface area contributed by atoms with Crippen molar-refractivity contribution in [3.63, 3.8) is 0 Å². The van der Waals surface area contributed by atoms with Crippen molar-refractivity contribution in [3.05, 3.63) is 0 Å². The van der Waals surface area contributed by atoms with Gasteiger partial charge in [-0.15, -0.1) is 0 Å². The van der Waals surface area contributed by atoms with E-state index in [9.17, 15) is 9.13 Å². The highest BCUT2D eigenvalue weighted by Gasteiger charge is 2.30. The smallest absolute Gasteiger partial charge is 0.324 e. The van der Waals surface area contributed by atoms with E-state index in [1.807, 2.05) is 13.8 Å². The van der Waals surface area contributed by atoms with Gasteiger partial charge < -0.3 is 19.2 Å². The van der Waals surface area contributed by atoms with E-state index >= 15 is 0 Å². The molecule has 0 saturated carbocycles. The summed E-state index contributed by atoms with van der Waals surface area (Å²) in [4.78, 5) is 25.9. The number of hydrogen-bond donors (Lipinski definition) is 3. The van der Waals surface area contributed by atoms with Crippen molar-refractivity contribution in [2.45, 2.75) is 20.3 Å². The van der Waals surface area contributed by atoms with Crippen molar-refractivity contribution in [1.82, 2.24) is 0 Å². The highest BCUT2D eigenvalue weighted by Crippen LogP contribution is 2.55. The number of rotatable bonds is 6. The van der Waals surface area contributed by atoms with Crippen LogP contribution in [0.25, 0.3) is 0 Å². The maximum absolute atomic E-state index is 11.1. The van der Waals surface area contributed by atoms with Gasteiger partial charge in [0, 0.05) is 0 Å². The summed E-state index contributed by atoms with van der Waals surface area (Å²) in [5.74, 6) is -0.803. The summed E-state index contributed by atoms with van der Waals surface area (Å²) in [6, 6.07) is 0. The monoisotopic (exact) mass is 246 g/mol. The van der Waals surface area contributed by atoms with Crippen molar-refractivity contribution in [2.75, 3.05) is 12.5 Å². The van der Waals surface area contributed by atoms with E-state index in [-0.39, 0.29) is 6.61 Å². The SMILES string of the molecule is CC(C)CCOP(=O)(O)CP(=O)(O)O. The van der Waals surface area contributed by atoms with Crippen LogP contribution in [0.5, 0.6) is 0 Å². The zero-order valence-electron chi connectivity index (χ0n) is 8.16. The molecular weight excluding hydrogens is 230 g/mol. The first-order valence-electron chi connectivity index (χ1n) is 4.13. The van der Waals surface area contributed by atoms with Crippen LogP contribution in [0, 0.1) is 5.92 Å². The molecule has 0 bridgehead atoms. The highest BCUT2D eigenvalue weighted by atomic mass is 31.2. The molecule has 0 aromatic heterocycles. The molecule has 0 fully saturated rings. The lowest BCUT2D eigenvalue weighted by Crippen LogP contribution is -2.00. The molecule has 86 valence electrons. The van der Waals surface area contributed by atoms with E-state index in [1.54, 1.807) is 0 Å². The summed E-state index contributed by atoms with van der Waals surface area (Å²) < 4.78 is 26.0. The van der Waals surface area contributed by atoms with Crippen molar-refractivity contribution in [1.29, 1.82) is 0 Å². The minimum absolute atomic E-state index is 0.0332. The fourth-order valence-corrected chi connectivity index (χ4v) is 3.28. The summed E-state index contributed by atoms with van der Waals surface area (Å²) in [6.45, 7) is 3.86. The molecule has 0 saturated heterocycles. The lowest BCUT2D eigenvalue weighted by Gasteiger charge is -2.13. The maximum atomic E-state index is 11.1. The van der Waals surface area contributed by atoms with E-state index < -0.39 is 21.1 Å². The molecule has 8 heteroatoms. The van der Waals surface area contributed by atoms with Crippen molar-refractivity contribution in [2.24, 2.45) is 5.92 Å². The third-order valence-corrected chi connectivity index (χ3v) is 4.84. The van der Waals surface area contributed by atoms with Crippen LogP contribution < -0.4 is 0 Å². The van der Waals surface area contributed by atoms with Crippen molar-refractivity contribution >= 4 is 15.2 Å². The minimum Gasteiger partial charge on any atom is -0.324 e. The second-order valence-corrected chi connectivity index (χ2v) is 7.45. The standard InChI is InChI=1S/C6H16O6P2/c1-6(2)3-4-12-14(10,11)5-13(7,8)9/h6H,3-5H2,1-2H3,(H,10,11)(H2,7,8,9). The Kier molecular flexibility index (Phi) is 5.52. The second kappa shape index (κ2) is 5.40. The summed E-state index contributed by atoms with van der Waals surface area (Å²) in [7, 11) is -8.62. The van der Waals surface area contributed by atoms with Gasteiger partial charge in [-0.25, -0.2) is 0 Å². The van der Waals surface area contributed by atoms with Crippen LogP contribution in [0.2, 0.25) is 0 Å². The number of hydrogen-bond acceptors (Lipinski definition) is 3. The molecule has 0 amide bonds. The Morgan fingerprint density at radius 1 is 1.21 bits per heavy atom. The van der Waals surface area contributed by atoms with Crippen molar-refractivity contribution < 1.29 is 28.3 Å². The minimum atomic E-state index is -4.49. The zero-order chi connectivity index (χ0) is 11.4.